The van der Waals surface area contributed by atoms with Gasteiger partial charge in [-0.25, -0.2) is 0 Å². The Hall–Kier alpha value is -0.0400. The van der Waals surface area contributed by atoms with Crippen molar-refractivity contribution in [3.05, 3.63) is 0 Å². The summed E-state index contributed by atoms with van der Waals surface area (Å²) in [7, 11) is 0. The molecular weight excluding hydrogens is 100 g/mol. The second-order valence-electron chi connectivity index (χ2n) is 2.49. The lowest BCUT2D eigenvalue weighted by Crippen LogP contribution is -2.15. The van der Waals surface area contributed by atoms with Crippen LogP contribution in [0.2, 0.25) is 0 Å². The zero-order valence-corrected chi connectivity index (χ0v) is 5.52. The third-order valence-corrected chi connectivity index (χ3v) is 1.83. The van der Waals surface area contributed by atoms with Crippen molar-refractivity contribution in [3.8, 4) is 0 Å². The minimum atomic E-state index is 0.865. The molecule has 0 aromatic rings. The van der Waals surface area contributed by atoms with Crippen LogP contribution in [0.25, 0.3) is 0 Å². The van der Waals surface area contributed by atoms with E-state index in [-0.39, 0.29) is 0 Å². The van der Waals surface area contributed by atoms with Crippen LogP contribution >= 0.6 is 0 Å². The van der Waals surface area contributed by atoms with Crippen molar-refractivity contribution in [2.45, 2.75) is 26.2 Å². The molecule has 1 atom stereocenters. The predicted molar refractivity (Wildman–Crippen MR) is 33.8 cm³/mol. The summed E-state index contributed by atoms with van der Waals surface area (Å²) in [5.41, 5.74) is 0. The van der Waals surface area contributed by atoms with E-state index in [1.807, 2.05) is 0 Å². The van der Waals surface area contributed by atoms with Crippen molar-refractivity contribution in [1.29, 1.82) is 0 Å². The Kier molecular flexibility index (Phi) is 2.34. The molecule has 1 saturated heterocycles. The first-order valence-electron chi connectivity index (χ1n) is 3.51. The maximum Gasteiger partial charge on any atom is 0.0494 e. The van der Waals surface area contributed by atoms with E-state index in [0.717, 1.165) is 19.1 Å². The fraction of sp³-hybridized carbons (Fsp3) is 1.00. The summed E-state index contributed by atoms with van der Waals surface area (Å²) in [4.78, 5) is 0. The van der Waals surface area contributed by atoms with Gasteiger partial charge < -0.3 is 4.74 Å². The quantitative estimate of drug-likeness (QED) is 0.505. The molecule has 0 unspecified atom stereocenters. The molecule has 1 aliphatic rings. The molecule has 0 aromatic carbocycles. The molecular formula is C7H14O. The lowest BCUT2D eigenvalue weighted by atomic mass is 10.0. The molecule has 0 bridgehead atoms. The number of hydrogen-bond donors (Lipinski definition) is 0. The summed E-state index contributed by atoms with van der Waals surface area (Å²) in [6.07, 6.45) is 3.95. The summed E-state index contributed by atoms with van der Waals surface area (Å²) in [5.74, 6) is 0.865. The summed E-state index contributed by atoms with van der Waals surface area (Å²) in [5, 5.41) is 0. The van der Waals surface area contributed by atoms with E-state index in [1.54, 1.807) is 0 Å². The number of hydrogen-bond acceptors (Lipinski definition) is 1. The first-order valence-corrected chi connectivity index (χ1v) is 3.51. The second-order valence-corrected chi connectivity index (χ2v) is 2.49. The van der Waals surface area contributed by atoms with Crippen LogP contribution < -0.4 is 0 Å². The van der Waals surface area contributed by atoms with Crippen LogP contribution in [0, 0.1) is 5.92 Å². The molecule has 1 heterocycles. The van der Waals surface area contributed by atoms with Gasteiger partial charge in [-0.15, -0.1) is 0 Å². The van der Waals surface area contributed by atoms with Crippen LogP contribution in [-0.2, 0) is 4.74 Å². The Bertz CT molecular complexity index is 55.4. The molecule has 0 radical (unpaired) electrons. The van der Waals surface area contributed by atoms with Gasteiger partial charge in [0, 0.05) is 13.2 Å². The third kappa shape index (κ3) is 1.48. The molecule has 1 fully saturated rings. The third-order valence-electron chi connectivity index (χ3n) is 1.83. The smallest absolute Gasteiger partial charge is 0.0494 e. The van der Waals surface area contributed by atoms with Crippen LogP contribution in [-0.4, -0.2) is 13.2 Å². The van der Waals surface area contributed by atoms with Crippen molar-refractivity contribution in [2.24, 2.45) is 5.92 Å². The SMILES string of the molecule is CC[C@@H]1CCCOC1. The normalized spacial score (nSPS) is 30.4. The molecule has 0 saturated carbocycles. The molecule has 1 aliphatic heterocycles. The fourth-order valence-corrected chi connectivity index (χ4v) is 1.13. The minimum Gasteiger partial charge on any atom is -0.381 e. The molecule has 8 heavy (non-hydrogen) atoms. The molecule has 0 N–H and O–H groups in total. The van der Waals surface area contributed by atoms with E-state index < -0.39 is 0 Å². The molecule has 48 valence electrons. The predicted octanol–water partition coefficient (Wildman–Crippen LogP) is 1.82. The number of ether oxygens (including phenoxy) is 1. The Balaban J connectivity index is 2.13. The molecule has 1 heteroatoms. The highest BCUT2D eigenvalue weighted by atomic mass is 16.5. The Morgan fingerprint density at radius 2 is 2.50 bits per heavy atom. The van der Waals surface area contributed by atoms with E-state index in [0.29, 0.717) is 0 Å². The Labute approximate surface area is 51.0 Å². The van der Waals surface area contributed by atoms with Crippen molar-refractivity contribution >= 4 is 0 Å². The lowest BCUT2D eigenvalue weighted by molar-refractivity contribution is 0.0535. The zero-order valence-electron chi connectivity index (χ0n) is 5.52. The molecule has 1 rings (SSSR count). The van der Waals surface area contributed by atoms with Crippen molar-refractivity contribution in [2.75, 3.05) is 13.2 Å². The van der Waals surface area contributed by atoms with E-state index in [1.165, 1.54) is 19.3 Å². The van der Waals surface area contributed by atoms with Crippen LogP contribution in [0.15, 0.2) is 0 Å². The first-order chi connectivity index (χ1) is 3.93. The van der Waals surface area contributed by atoms with Gasteiger partial charge in [0.15, 0.2) is 0 Å². The monoisotopic (exact) mass is 114 g/mol. The first kappa shape index (κ1) is 6.09. The van der Waals surface area contributed by atoms with Crippen molar-refractivity contribution in [3.63, 3.8) is 0 Å². The van der Waals surface area contributed by atoms with Gasteiger partial charge >= 0.3 is 0 Å². The average molecular weight is 114 g/mol. The van der Waals surface area contributed by atoms with Crippen molar-refractivity contribution in [1.82, 2.24) is 0 Å². The van der Waals surface area contributed by atoms with Gasteiger partial charge in [-0.2, -0.15) is 0 Å². The average Bonchev–Trinajstić information content (AvgIpc) is 1.90. The van der Waals surface area contributed by atoms with E-state index in [4.69, 9.17) is 4.74 Å². The Morgan fingerprint density at radius 1 is 1.62 bits per heavy atom. The molecule has 0 spiro atoms. The van der Waals surface area contributed by atoms with Gasteiger partial charge in [-0.05, 0) is 18.8 Å². The number of rotatable bonds is 1. The maximum atomic E-state index is 5.27. The summed E-state index contributed by atoms with van der Waals surface area (Å²) in [6.45, 7) is 4.24. The largest absolute Gasteiger partial charge is 0.381 e. The highest BCUT2D eigenvalue weighted by Gasteiger charge is 2.09. The Morgan fingerprint density at radius 3 is 2.88 bits per heavy atom. The maximum absolute atomic E-state index is 5.27. The van der Waals surface area contributed by atoms with Gasteiger partial charge in [0.2, 0.25) is 0 Å². The van der Waals surface area contributed by atoms with Gasteiger partial charge in [-0.3, -0.25) is 0 Å². The fourth-order valence-electron chi connectivity index (χ4n) is 1.13. The van der Waals surface area contributed by atoms with Gasteiger partial charge in [-0.1, -0.05) is 13.3 Å². The van der Waals surface area contributed by atoms with E-state index in [9.17, 15) is 0 Å². The lowest BCUT2D eigenvalue weighted by Gasteiger charge is -2.19. The van der Waals surface area contributed by atoms with E-state index in [2.05, 4.69) is 6.92 Å². The molecule has 1 nitrogen and oxygen atoms in total. The van der Waals surface area contributed by atoms with Gasteiger partial charge in [0.05, 0.1) is 0 Å². The molecule has 0 aliphatic carbocycles. The molecule has 0 aromatic heterocycles. The molecule has 0 amide bonds. The van der Waals surface area contributed by atoms with Crippen LogP contribution in [0.3, 0.4) is 0 Å². The second kappa shape index (κ2) is 3.08. The van der Waals surface area contributed by atoms with Crippen LogP contribution in [0.5, 0.6) is 0 Å². The summed E-state index contributed by atoms with van der Waals surface area (Å²) >= 11 is 0. The standard InChI is InChI=1S/C7H14O/c1-2-7-4-3-5-8-6-7/h7H,2-6H2,1H3/t7-/m1/s1. The summed E-state index contributed by atoms with van der Waals surface area (Å²) < 4.78 is 5.27. The van der Waals surface area contributed by atoms with E-state index >= 15 is 0 Å². The van der Waals surface area contributed by atoms with Crippen molar-refractivity contribution < 1.29 is 4.74 Å². The van der Waals surface area contributed by atoms with Crippen LogP contribution in [0.1, 0.15) is 26.2 Å². The van der Waals surface area contributed by atoms with Gasteiger partial charge in [0.25, 0.3) is 0 Å². The highest BCUT2D eigenvalue weighted by molar-refractivity contribution is 4.59. The zero-order chi connectivity index (χ0) is 5.82. The van der Waals surface area contributed by atoms with Crippen LogP contribution in [0.4, 0.5) is 0 Å². The topological polar surface area (TPSA) is 9.23 Å². The minimum absolute atomic E-state index is 0.865. The summed E-state index contributed by atoms with van der Waals surface area (Å²) in [6, 6.07) is 0. The highest BCUT2D eigenvalue weighted by Crippen LogP contribution is 2.15. The van der Waals surface area contributed by atoms with Gasteiger partial charge in [0.1, 0.15) is 0 Å².